The molecule has 0 aromatic carbocycles. The fraction of sp³-hybridized carbons (Fsp3) is 0.789. The number of fused-ring (bicyclic) bond motifs is 4. The summed E-state index contributed by atoms with van der Waals surface area (Å²) in [5.41, 5.74) is 2.82. The number of carbonyl (C=O) groups excluding carboxylic acids is 1. The maximum atomic E-state index is 15.4. The van der Waals surface area contributed by atoms with Crippen LogP contribution in [0.15, 0.2) is 36.7 Å². The summed E-state index contributed by atoms with van der Waals surface area (Å²) in [6, 6.07) is -0.506. The minimum Gasteiger partial charge on any atom is -0.481 e. The number of imidazole rings is 2. The number of nitrogens with zero attached hydrogens (tertiary/aromatic N) is 2. The van der Waals surface area contributed by atoms with Crippen LogP contribution in [0.1, 0.15) is 129 Å². The van der Waals surface area contributed by atoms with Crippen LogP contribution in [0.3, 0.4) is 0 Å². The lowest BCUT2D eigenvalue weighted by atomic mass is 9.29. The molecule has 2 aromatic rings. The molecule has 0 radical (unpaired) electrons. The number of aliphatic hydroxyl groups is 7. The van der Waals surface area contributed by atoms with Crippen molar-refractivity contribution in [1.29, 1.82) is 0 Å². The van der Waals surface area contributed by atoms with Crippen LogP contribution in [0.5, 0.6) is 0 Å². The largest absolute Gasteiger partial charge is 0.481 e. The minimum atomic E-state index is -1.67. The first-order valence-electron chi connectivity index (χ1n) is 28.0. The molecular formula is C57H82N6O12. The van der Waals surface area contributed by atoms with Crippen LogP contribution in [0.25, 0.3) is 0 Å². The number of nitrogens with one attached hydrogen (secondary N) is 3. The fourth-order valence-electron chi connectivity index (χ4n) is 19.4. The summed E-state index contributed by atoms with van der Waals surface area (Å²) in [6.07, 6.45) is 6.07. The van der Waals surface area contributed by atoms with Crippen LogP contribution in [-0.4, -0.2) is 142 Å². The van der Waals surface area contributed by atoms with E-state index in [9.17, 15) is 45.6 Å². The molecule has 2 aromatic heterocycles. The van der Waals surface area contributed by atoms with E-state index in [1.54, 1.807) is 18.9 Å². The number of carboxylic acids is 1. The molecule has 18 nitrogen and oxygen atoms in total. The number of hydrogen-bond acceptors (Lipinski definition) is 14. The number of H-pyrrole nitrogens is 2. The van der Waals surface area contributed by atoms with Crippen molar-refractivity contribution in [2.75, 3.05) is 19.8 Å². The fourth-order valence-corrected chi connectivity index (χ4v) is 19.4. The second-order valence-electron chi connectivity index (χ2n) is 26.5. The van der Waals surface area contributed by atoms with E-state index < -0.39 is 123 Å². The molecule has 75 heavy (non-hydrogen) atoms. The number of aliphatic carboxylic acids is 1. The van der Waals surface area contributed by atoms with Crippen molar-refractivity contribution >= 4 is 11.9 Å². The molecule has 412 valence electrons. The summed E-state index contributed by atoms with van der Waals surface area (Å²) in [5.74, 6) is 3.26. The normalized spacial score (nSPS) is 49.5. The molecule has 4 heterocycles. The number of aromatic amines is 2. The number of carboxylic acid groups (broad SMARTS) is 1. The number of amides is 1. The SMILES string of the molecule is CC1(CO)CCC2(C(=O)O)CC(Cc3cnc[nH]3)C3(C)C(=CC4C#CC5CCCC56C(=O)NC(C(CCC(N)O)c5cnc[nH]5)C6CC5C(O)C(OC6OCC(O)C(O)C6O)C(C)(CO)C6CCC3(C)C4C56C)C2C1. The highest BCUT2D eigenvalue weighted by Crippen LogP contribution is 2.79. The first kappa shape index (κ1) is 53.3. The lowest BCUT2D eigenvalue weighted by molar-refractivity contribution is -0.342. The zero-order valence-corrected chi connectivity index (χ0v) is 44.2. The Bertz CT molecular complexity index is 2570. The van der Waals surface area contributed by atoms with Crippen molar-refractivity contribution in [2.24, 2.45) is 91.0 Å². The lowest BCUT2D eigenvalue weighted by Gasteiger charge is -2.75. The van der Waals surface area contributed by atoms with E-state index in [1.165, 1.54) is 0 Å². The first-order chi connectivity index (χ1) is 35.6. The van der Waals surface area contributed by atoms with Gasteiger partial charge in [0.15, 0.2) is 6.29 Å². The quantitative estimate of drug-likeness (QED) is 0.0629. The first-order valence-corrected chi connectivity index (χ1v) is 28.0. The molecule has 1 spiro atoms. The Morgan fingerprint density at radius 3 is 2.36 bits per heavy atom. The average Bonchev–Trinajstić information content (AvgIpc) is 4.25. The van der Waals surface area contributed by atoms with E-state index in [1.807, 2.05) is 13.1 Å². The summed E-state index contributed by atoms with van der Waals surface area (Å²) < 4.78 is 12.7. The summed E-state index contributed by atoms with van der Waals surface area (Å²) in [5, 5.41) is 95.5. The van der Waals surface area contributed by atoms with Gasteiger partial charge in [0.1, 0.15) is 24.5 Å². The summed E-state index contributed by atoms with van der Waals surface area (Å²) >= 11 is 0. The van der Waals surface area contributed by atoms with Crippen molar-refractivity contribution in [1.82, 2.24) is 25.3 Å². The molecule has 18 heteroatoms. The zero-order valence-electron chi connectivity index (χ0n) is 44.2. The molecule has 24 unspecified atom stereocenters. The average molecular weight is 1040 g/mol. The third-order valence-electron chi connectivity index (χ3n) is 23.4. The van der Waals surface area contributed by atoms with Crippen molar-refractivity contribution in [3.05, 3.63) is 48.1 Å². The van der Waals surface area contributed by atoms with E-state index in [-0.39, 0.29) is 55.1 Å². The molecule has 24 atom stereocenters. The summed E-state index contributed by atoms with van der Waals surface area (Å²) in [6.45, 7) is 10.2. The maximum Gasteiger partial charge on any atom is 0.310 e. The smallest absolute Gasteiger partial charge is 0.310 e. The van der Waals surface area contributed by atoms with E-state index in [4.69, 9.17) is 15.2 Å². The van der Waals surface area contributed by atoms with Crippen LogP contribution >= 0.6 is 0 Å². The van der Waals surface area contributed by atoms with Gasteiger partial charge < -0.3 is 71.3 Å². The highest BCUT2D eigenvalue weighted by atomic mass is 16.7. The summed E-state index contributed by atoms with van der Waals surface area (Å²) in [4.78, 5) is 45.1. The number of aliphatic hydroxyl groups excluding tert-OH is 7. The molecule has 7 fully saturated rings. The predicted molar refractivity (Wildman–Crippen MR) is 271 cm³/mol. The Morgan fingerprint density at radius 2 is 1.68 bits per heavy atom. The lowest BCUT2D eigenvalue weighted by Crippen LogP contribution is -2.74. The molecular weight excluding hydrogens is 961 g/mol. The monoisotopic (exact) mass is 1040 g/mol. The van der Waals surface area contributed by atoms with Crippen LogP contribution in [-0.2, 0) is 25.5 Å². The topological polar surface area (TPSA) is 310 Å². The molecule has 11 rings (SSSR count). The Labute approximate surface area is 439 Å². The Kier molecular flexibility index (Phi) is 13.3. The summed E-state index contributed by atoms with van der Waals surface area (Å²) in [7, 11) is 0. The Hall–Kier alpha value is -3.74. The van der Waals surface area contributed by atoms with E-state index in [2.05, 4.69) is 70.9 Å². The molecule has 1 amide bonds. The number of nitrogens with two attached hydrogens (primary N) is 1. The van der Waals surface area contributed by atoms with Crippen LogP contribution in [0.2, 0.25) is 0 Å². The van der Waals surface area contributed by atoms with Crippen LogP contribution in [0.4, 0.5) is 0 Å². The van der Waals surface area contributed by atoms with E-state index >= 15 is 4.79 Å². The van der Waals surface area contributed by atoms with Gasteiger partial charge in [0.2, 0.25) is 5.91 Å². The van der Waals surface area contributed by atoms with E-state index in [0.29, 0.717) is 70.6 Å². The van der Waals surface area contributed by atoms with Gasteiger partial charge in [-0.15, -0.1) is 0 Å². The van der Waals surface area contributed by atoms with Crippen LogP contribution < -0.4 is 11.1 Å². The Balaban J connectivity index is 1.16. The van der Waals surface area contributed by atoms with Gasteiger partial charge in [-0.25, -0.2) is 9.97 Å². The predicted octanol–water partition coefficient (Wildman–Crippen LogP) is 3.13. The van der Waals surface area contributed by atoms with E-state index in [0.717, 1.165) is 23.4 Å². The van der Waals surface area contributed by atoms with Gasteiger partial charge in [0.25, 0.3) is 0 Å². The number of aromatic nitrogens is 4. The molecule has 2 aliphatic heterocycles. The van der Waals surface area contributed by atoms with Gasteiger partial charge in [-0.2, -0.15) is 0 Å². The van der Waals surface area contributed by atoms with Gasteiger partial charge in [-0.1, -0.05) is 64.5 Å². The molecule has 13 N–H and O–H groups in total. The highest BCUT2D eigenvalue weighted by Gasteiger charge is 2.77. The standard InChI is InChI=1S/C57H82N6O12/c1-51(25-64)15-16-56(50(72)73)20-31(18-32-22-59-27-61-32)55(5)34(37(56)21-51)17-29-8-9-30-7-6-13-57(30)35(42(63-49(57)71)33(10-11-41(58)67)38-23-60-28-62-38)19-36-43(68)47(75-48-45(70)44(69)39(66)24-74-48)52(2,26-65)40-12-14-53(55,3)46(29)54(36,40)4/h17,22-23,27-31,33,35-37,39-48,64-70H,6-7,10-16,18-21,24-26,58H2,1-5H3,(H,59,61)(H,60,62)(H,63,71)(H,72,73). The van der Waals surface area contributed by atoms with Crippen molar-refractivity contribution in [3.63, 3.8) is 0 Å². The number of hydrogen-bond donors (Lipinski definition) is 12. The Morgan fingerprint density at radius 1 is 0.920 bits per heavy atom. The number of ether oxygens (including phenoxy) is 2. The van der Waals surface area contributed by atoms with Gasteiger partial charge in [0.05, 0.1) is 48.9 Å². The molecule has 9 aliphatic rings. The van der Waals surface area contributed by atoms with Crippen LogP contribution in [0, 0.1) is 97.1 Å². The van der Waals surface area contributed by atoms with Gasteiger partial charge in [-0.05, 0) is 134 Å². The number of carbonyl (C=O) groups is 2. The zero-order chi connectivity index (χ0) is 53.4. The third kappa shape index (κ3) is 7.55. The van der Waals surface area contributed by atoms with Crippen molar-refractivity contribution < 1.29 is 59.9 Å². The third-order valence-corrected chi connectivity index (χ3v) is 23.4. The number of allylic oxidation sites excluding steroid dienone is 2. The maximum absolute atomic E-state index is 15.4. The van der Waals surface area contributed by atoms with Crippen molar-refractivity contribution in [3.8, 4) is 11.8 Å². The molecule has 7 aliphatic carbocycles. The van der Waals surface area contributed by atoms with Gasteiger partial charge in [-0.3, -0.25) is 9.59 Å². The van der Waals surface area contributed by atoms with Gasteiger partial charge >= 0.3 is 5.97 Å². The minimum absolute atomic E-state index is 0.0727. The second kappa shape index (κ2) is 18.7. The molecule has 2 saturated heterocycles. The molecule has 5 saturated carbocycles. The second-order valence-corrected chi connectivity index (χ2v) is 26.5. The van der Waals surface area contributed by atoms with Gasteiger partial charge in [0, 0.05) is 59.6 Å². The number of rotatable bonds is 12. The van der Waals surface area contributed by atoms with Crippen molar-refractivity contribution in [2.45, 2.75) is 173 Å². The molecule has 0 bridgehead atoms. The highest BCUT2D eigenvalue weighted by molar-refractivity contribution is 5.87.